The normalized spacial score (nSPS) is 12.3. The minimum absolute atomic E-state index is 0.213. The quantitative estimate of drug-likeness (QED) is 0.0775. The molecular weight excluding hydrogens is 458 g/mol. The molecule has 37 heavy (non-hydrogen) atoms. The summed E-state index contributed by atoms with van der Waals surface area (Å²) < 4.78 is 12.4. The van der Waals surface area contributed by atoms with Gasteiger partial charge in [-0.2, -0.15) is 0 Å². The summed E-state index contributed by atoms with van der Waals surface area (Å²) in [5.41, 5.74) is 2.47. The predicted molar refractivity (Wildman–Crippen MR) is 155 cm³/mol. The highest BCUT2D eigenvalue weighted by Gasteiger charge is 2.20. The average molecular weight is 511 g/mol. The minimum atomic E-state index is -0.601. The molecule has 0 saturated carbocycles. The monoisotopic (exact) mass is 510 g/mol. The molecule has 0 fully saturated rings. The van der Waals surface area contributed by atoms with Crippen molar-refractivity contribution in [2.24, 2.45) is 0 Å². The first-order valence-electron chi connectivity index (χ1n) is 14.7. The molecule has 0 heterocycles. The number of benzene rings is 2. The number of unbranched alkanes of at least 4 members (excludes halogenated alkanes) is 10. The molecule has 1 atom stereocenters. The molecule has 206 valence electrons. The zero-order valence-corrected chi connectivity index (χ0v) is 24.1. The Balaban J connectivity index is 1.64. The SMILES string of the molecule is CCCCCCCCCCCCCc1ccccc1OC(C)OC(=O)CC[N+](C)(C)Cc1ccccc1. The van der Waals surface area contributed by atoms with Crippen LogP contribution in [0.1, 0.15) is 102 Å². The van der Waals surface area contributed by atoms with E-state index < -0.39 is 6.29 Å². The predicted octanol–water partition coefficient (Wildman–Crippen LogP) is 8.47. The molecule has 0 bridgehead atoms. The van der Waals surface area contributed by atoms with Crippen molar-refractivity contribution in [3.05, 3.63) is 65.7 Å². The highest BCUT2D eigenvalue weighted by atomic mass is 16.7. The zero-order chi connectivity index (χ0) is 26.8. The van der Waals surface area contributed by atoms with Gasteiger partial charge in [-0.05, 0) is 24.5 Å². The maximum atomic E-state index is 12.5. The van der Waals surface area contributed by atoms with E-state index in [1.807, 2.05) is 18.2 Å². The lowest BCUT2D eigenvalue weighted by Gasteiger charge is -2.29. The molecule has 2 rings (SSSR count). The van der Waals surface area contributed by atoms with Crippen LogP contribution in [-0.4, -0.2) is 37.4 Å². The Kier molecular flexibility index (Phi) is 15.0. The number of ether oxygens (including phenoxy) is 2. The van der Waals surface area contributed by atoms with Gasteiger partial charge < -0.3 is 14.0 Å². The van der Waals surface area contributed by atoms with Crippen molar-refractivity contribution in [1.82, 2.24) is 0 Å². The standard InChI is InChI=1S/C33H52NO3/c1-5-6-7-8-9-10-11-12-13-14-18-23-31-24-19-20-25-32(31)36-29(2)37-33(35)26-27-34(3,4)28-30-21-16-15-17-22-30/h15-17,19-22,24-25,29H,5-14,18,23,26-28H2,1-4H3/q+1. The summed E-state index contributed by atoms with van der Waals surface area (Å²) in [6, 6.07) is 18.5. The number of rotatable bonds is 20. The van der Waals surface area contributed by atoms with Crippen LogP contribution in [-0.2, 0) is 22.5 Å². The molecule has 0 amide bonds. The van der Waals surface area contributed by atoms with E-state index in [4.69, 9.17) is 9.47 Å². The molecule has 0 N–H and O–H groups in total. The van der Waals surface area contributed by atoms with Crippen LogP contribution in [0.5, 0.6) is 5.75 Å². The largest absolute Gasteiger partial charge is 0.455 e. The molecule has 2 aromatic carbocycles. The van der Waals surface area contributed by atoms with Crippen LogP contribution < -0.4 is 4.74 Å². The lowest BCUT2D eigenvalue weighted by Crippen LogP contribution is -2.40. The van der Waals surface area contributed by atoms with Gasteiger partial charge in [0.25, 0.3) is 0 Å². The fraction of sp³-hybridized carbons (Fsp3) is 0.606. The topological polar surface area (TPSA) is 35.5 Å². The van der Waals surface area contributed by atoms with Gasteiger partial charge in [0, 0.05) is 12.5 Å². The first-order valence-corrected chi connectivity index (χ1v) is 14.7. The number of carbonyl (C=O) groups excluding carboxylic acids is 1. The fourth-order valence-electron chi connectivity index (χ4n) is 4.80. The first-order chi connectivity index (χ1) is 17.9. The van der Waals surface area contributed by atoms with Gasteiger partial charge in [-0.1, -0.05) is 120 Å². The maximum absolute atomic E-state index is 12.5. The van der Waals surface area contributed by atoms with Crippen LogP contribution in [0.15, 0.2) is 54.6 Å². The highest BCUT2D eigenvalue weighted by molar-refractivity contribution is 5.69. The highest BCUT2D eigenvalue weighted by Crippen LogP contribution is 2.23. The Labute approximate surface area is 227 Å². The smallest absolute Gasteiger partial charge is 0.314 e. The number of quaternary nitrogens is 1. The van der Waals surface area contributed by atoms with Gasteiger partial charge in [0.15, 0.2) is 0 Å². The van der Waals surface area contributed by atoms with Crippen molar-refractivity contribution in [3.63, 3.8) is 0 Å². The molecule has 1 unspecified atom stereocenters. The molecule has 4 nitrogen and oxygen atoms in total. The molecule has 0 aliphatic heterocycles. The number of nitrogens with zero attached hydrogens (tertiary/aromatic N) is 1. The van der Waals surface area contributed by atoms with Gasteiger partial charge in [-0.15, -0.1) is 0 Å². The van der Waals surface area contributed by atoms with Crippen LogP contribution >= 0.6 is 0 Å². The number of esters is 1. The van der Waals surface area contributed by atoms with E-state index in [1.54, 1.807) is 6.92 Å². The molecule has 0 saturated heterocycles. The minimum Gasteiger partial charge on any atom is -0.455 e. The van der Waals surface area contributed by atoms with Crippen molar-refractivity contribution in [2.75, 3.05) is 20.6 Å². The van der Waals surface area contributed by atoms with Crippen molar-refractivity contribution in [3.8, 4) is 5.75 Å². The van der Waals surface area contributed by atoms with Gasteiger partial charge in [0.2, 0.25) is 6.29 Å². The third kappa shape index (κ3) is 14.3. The Bertz CT molecular complexity index is 865. The zero-order valence-electron chi connectivity index (χ0n) is 24.1. The van der Waals surface area contributed by atoms with Crippen LogP contribution in [0, 0.1) is 0 Å². The fourth-order valence-corrected chi connectivity index (χ4v) is 4.80. The van der Waals surface area contributed by atoms with Crippen LogP contribution in [0.25, 0.3) is 0 Å². The summed E-state index contributed by atoms with van der Waals surface area (Å²) in [7, 11) is 4.29. The van der Waals surface area contributed by atoms with E-state index in [0.717, 1.165) is 29.7 Å². The van der Waals surface area contributed by atoms with Gasteiger partial charge in [0.1, 0.15) is 12.3 Å². The summed E-state index contributed by atoms with van der Waals surface area (Å²) in [6.07, 6.45) is 15.5. The number of para-hydroxylation sites is 1. The molecule has 2 aromatic rings. The van der Waals surface area contributed by atoms with Crippen molar-refractivity contribution in [2.45, 2.75) is 110 Å². The van der Waals surface area contributed by atoms with Gasteiger partial charge in [-0.3, -0.25) is 4.79 Å². The van der Waals surface area contributed by atoms with Crippen LogP contribution in [0.3, 0.4) is 0 Å². The number of carbonyl (C=O) groups is 1. The molecular formula is C33H52NO3+. The van der Waals surface area contributed by atoms with Gasteiger partial charge >= 0.3 is 5.97 Å². The van der Waals surface area contributed by atoms with Crippen LogP contribution in [0.4, 0.5) is 0 Å². The van der Waals surface area contributed by atoms with Crippen molar-refractivity contribution < 1.29 is 18.8 Å². The van der Waals surface area contributed by atoms with Gasteiger partial charge in [0.05, 0.1) is 27.1 Å². The summed E-state index contributed by atoms with van der Waals surface area (Å²) in [5.74, 6) is 0.615. The van der Waals surface area contributed by atoms with E-state index >= 15 is 0 Å². The van der Waals surface area contributed by atoms with Crippen LogP contribution in [0.2, 0.25) is 0 Å². The Morgan fingerprint density at radius 2 is 1.35 bits per heavy atom. The van der Waals surface area contributed by atoms with Crippen molar-refractivity contribution >= 4 is 5.97 Å². The molecule has 0 radical (unpaired) electrons. The second-order valence-corrected chi connectivity index (χ2v) is 11.1. The Morgan fingerprint density at radius 1 is 0.784 bits per heavy atom. The average Bonchev–Trinajstić information content (AvgIpc) is 2.87. The van der Waals surface area contributed by atoms with E-state index in [-0.39, 0.29) is 5.97 Å². The van der Waals surface area contributed by atoms with E-state index in [9.17, 15) is 4.79 Å². The molecule has 0 aliphatic rings. The third-order valence-corrected chi connectivity index (χ3v) is 6.99. The Morgan fingerprint density at radius 3 is 2.00 bits per heavy atom. The second kappa shape index (κ2) is 18.0. The second-order valence-electron chi connectivity index (χ2n) is 11.1. The van der Waals surface area contributed by atoms with Gasteiger partial charge in [-0.25, -0.2) is 0 Å². The molecule has 0 spiro atoms. The third-order valence-electron chi connectivity index (χ3n) is 6.99. The first kappa shape index (κ1) is 30.9. The molecule has 0 aromatic heterocycles. The Hall–Kier alpha value is -2.33. The van der Waals surface area contributed by atoms with E-state index in [0.29, 0.717) is 6.42 Å². The molecule has 4 heteroatoms. The summed E-state index contributed by atoms with van der Waals surface area (Å²) in [6.45, 7) is 5.68. The summed E-state index contributed by atoms with van der Waals surface area (Å²) >= 11 is 0. The lowest BCUT2D eigenvalue weighted by molar-refractivity contribution is -0.903. The van der Waals surface area contributed by atoms with E-state index in [2.05, 4.69) is 57.4 Å². The number of aryl methyl sites for hydroxylation is 1. The van der Waals surface area contributed by atoms with E-state index in [1.165, 1.54) is 81.8 Å². The maximum Gasteiger partial charge on any atom is 0.314 e. The summed E-state index contributed by atoms with van der Waals surface area (Å²) in [4.78, 5) is 12.5. The summed E-state index contributed by atoms with van der Waals surface area (Å²) in [5, 5.41) is 0. The van der Waals surface area contributed by atoms with Crippen molar-refractivity contribution in [1.29, 1.82) is 0 Å². The molecule has 0 aliphatic carbocycles. The lowest BCUT2D eigenvalue weighted by atomic mass is 10.0. The number of hydrogen-bond acceptors (Lipinski definition) is 3. The number of hydrogen-bond donors (Lipinski definition) is 0.